The average molecular weight is 465 g/mol. The molecule has 3 rings (SSSR count). The number of hydrogen-bond acceptors (Lipinski definition) is 6. The predicted molar refractivity (Wildman–Crippen MR) is 113 cm³/mol. The first-order valence-corrected chi connectivity index (χ1v) is 11.5. The number of carbonyl (C=O) groups excluding carboxylic acids is 2. The first kappa shape index (κ1) is 23.8. The molecule has 0 spiro atoms. The molecule has 2 atom stereocenters. The van der Waals surface area contributed by atoms with E-state index in [-0.39, 0.29) is 24.4 Å². The number of β-amino-alcohol motifs (C(OH)–C–C–N with tert-alkyl or cyclic N) is 1. The van der Waals surface area contributed by atoms with Crippen molar-refractivity contribution in [1.82, 2.24) is 9.62 Å². The summed E-state index contributed by atoms with van der Waals surface area (Å²) in [6.07, 6.45) is -1.15. The Balaban J connectivity index is 1.62. The van der Waals surface area contributed by atoms with Crippen LogP contribution in [0.1, 0.15) is 23.1 Å². The zero-order valence-corrected chi connectivity index (χ0v) is 18.6. The maximum Gasteiger partial charge on any atom is 0.325 e. The zero-order chi connectivity index (χ0) is 23.5. The number of amides is 1. The summed E-state index contributed by atoms with van der Waals surface area (Å²) in [5.41, 5.74) is 2.37. The van der Waals surface area contributed by atoms with Crippen LogP contribution in [0.4, 0.5) is 4.39 Å². The molecule has 2 unspecified atom stereocenters. The first-order valence-electron chi connectivity index (χ1n) is 10.0. The Morgan fingerprint density at radius 1 is 1.16 bits per heavy atom. The van der Waals surface area contributed by atoms with Crippen LogP contribution in [0.5, 0.6) is 0 Å². The number of aryl methyl sites for hydroxylation is 2. The zero-order valence-electron chi connectivity index (χ0n) is 17.7. The van der Waals surface area contributed by atoms with Crippen LogP contribution in [0, 0.1) is 19.7 Å². The lowest BCUT2D eigenvalue weighted by atomic mass is 10.1. The summed E-state index contributed by atoms with van der Waals surface area (Å²) < 4.78 is 45.0. The molecule has 0 saturated carbocycles. The van der Waals surface area contributed by atoms with Crippen LogP contribution < -0.4 is 5.32 Å². The second-order valence-corrected chi connectivity index (χ2v) is 9.63. The molecule has 0 bridgehead atoms. The van der Waals surface area contributed by atoms with Gasteiger partial charge in [0.1, 0.15) is 11.9 Å². The summed E-state index contributed by atoms with van der Waals surface area (Å²) in [7, 11) is -4.05. The Bertz CT molecular complexity index is 1100. The van der Waals surface area contributed by atoms with E-state index in [1.807, 2.05) is 6.92 Å². The maximum absolute atomic E-state index is 13.1. The van der Waals surface area contributed by atoms with Gasteiger partial charge < -0.3 is 15.2 Å². The van der Waals surface area contributed by atoms with Crippen molar-refractivity contribution in [3.05, 3.63) is 65.0 Å². The Labute approximate surface area is 186 Å². The second-order valence-electron chi connectivity index (χ2n) is 7.74. The molecular weight excluding hydrogens is 439 g/mol. The smallest absolute Gasteiger partial charge is 0.325 e. The molecule has 8 nitrogen and oxygen atoms in total. The molecule has 1 fully saturated rings. The Hall–Kier alpha value is -2.82. The van der Waals surface area contributed by atoms with Crippen molar-refractivity contribution in [2.24, 2.45) is 0 Å². The molecule has 2 aromatic rings. The average Bonchev–Trinajstić information content (AvgIpc) is 3.16. The van der Waals surface area contributed by atoms with Crippen LogP contribution in [-0.4, -0.2) is 55.0 Å². The van der Waals surface area contributed by atoms with Gasteiger partial charge >= 0.3 is 5.97 Å². The van der Waals surface area contributed by atoms with E-state index in [1.165, 1.54) is 36.4 Å². The summed E-state index contributed by atoms with van der Waals surface area (Å²) in [6, 6.07) is 8.95. The highest BCUT2D eigenvalue weighted by Crippen LogP contribution is 2.28. The van der Waals surface area contributed by atoms with Gasteiger partial charge in [-0.15, -0.1) is 0 Å². The predicted octanol–water partition coefficient (Wildman–Crippen LogP) is 1.43. The number of benzene rings is 2. The highest BCUT2D eigenvalue weighted by molar-refractivity contribution is 7.89. The fraction of sp³-hybridized carbons (Fsp3) is 0.364. The third-order valence-corrected chi connectivity index (χ3v) is 7.21. The molecule has 0 radical (unpaired) electrons. The van der Waals surface area contributed by atoms with Crippen LogP contribution in [0.25, 0.3) is 0 Å². The van der Waals surface area contributed by atoms with Crippen molar-refractivity contribution in [3.63, 3.8) is 0 Å². The number of aliphatic hydroxyl groups is 1. The van der Waals surface area contributed by atoms with E-state index in [0.717, 1.165) is 15.4 Å². The minimum atomic E-state index is -4.05. The van der Waals surface area contributed by atoms with Crippen molar-refractivity contribution < 1.29 is 32.2 Å². The molecule has 1 saturated heterocycles. The number of aliphatic hydroxyl groups excluding tert-OH is 1. The van der Waals surface area contributed by atoms with Gasteiger partial charge in [-0.2, -0.15) is 4.31 Å². The van der Waals surface area contributed by atoms with E-state index in [1.54, 1.807) is 13.0 Å². The Kier molecular flexibility index (Phi) is 7.27. The van der Waals surface area contributed by atoms with Gasteiger partial charge in [0.2, 0.25) is 10.0 Å². The van der Waals surface area contributed by atoms with Crippen LogP contribution in [-0.2, 0) is 30.9 Å². The van der Waals surface area contributed by atoms with Crippen molar-refractivity contribution >= 4 is 21.9 Å². The minimum Gasteiger partial charge on any atom is -0.454 e. The normalized spacial score (nSPS) is 19.0. The van der Waals surface area contributed by atoms with Gasteiger partial charge in [-0.25, -0.2) is 12.8 Å². The molecule has 32 heavy (non-hydrogen) atoms. The van der Waals surface area contributed by atoms with Gasteiger partial charge in [0.15, 0.2) is 6.61 Å². The lowest BCUT2D eigenvalue weighted by Gasteiger charge is -2.22. The van der Waals surface area contributed by atoms with E-state index in [4.69, 9.17) is 4.74 Å². The van der Waals surface area contributed by atoms with Crippen molar-refractivity contribution in [3.8, 4) is 0 Å². The van der Waals surface area contributed by atoms with Gasteiger partial charge in [0, 0.05) is 19.5 Å². The summed E-state index contributed by atoms with van der Waals surface area (Å²) in [6.45, 7) is 2.90. The highest BCUT2D eigenvalue weighted by atomic mass is 32.2. The quantitative estimate of drug-likeness (QED) is 0.600. The monoisotopic (exact) mass is 464 g/mol. The van der Waals surface area contributed by atoms with E-state index >= 15 is 0 Å². The summed E-state index contributed by atoms with van der Waals surface area (Å²) in [5, 5.41) is 12.5. The number of hydrogen-bond donors (Lipinski definition) is 2. The molecule has 1 amide bonds. The highest BCUT2D eigenvalue weighted by Gasteiger charge is 2.44. The van der Waals surface area contributed by atoms with E-state index < -0.39 is 46.5 Å². The molecule has 0 aliphatic carbocycles. The number of halogens is 1. The van der Waals surface area contributed by atoms with Crippen LogP contribution in [0.15, 0.2) is 47.4 Å². The number of rotatable bonds is 7. The van der Waals surface area contributed by atoms with E-state index in [2.05, 4.69) is 5.32 Å². The SMILES string of the molecule is Cc1ccc(S(=O)(=O)N2CC(O)CC2C(=O)OCC(=O)NCc2ccc(F)cc2)cc1C. The van der Waals surface area contributed by atoms with E-state index in [9.17, 15) is 27.5 Å². The lowest BCUT2D eigenvalue weighted by Crippen LogP contribution is -2.42. The number of carbonyl (C=O) groups is 2. The maximum atomic E-state index is 13.1. The van der Waals surface area contributed by atoms with Crippen molar-refractivity contribution in [2.75, 3.05) is 13.2 Å². The molecule has 1 aliphatic heterocycles. The molecule has 2 N–H and O–H groups in total. The van der Waals surface area contributed by atoms with Gasteiger partial charge in [-0.3, -0.25) is 9.59 Å². The number of ether oxygens (including phenoxy) is 1. The number of nitrogens with one attached hydrogen (secondary N) is 1. The Morgan fingerprint density at radius 3 is 2.50 bits per heavy atom. The summed E-state index contributed by atoms with van der Waals surface area (Å²) in [5.74, 6) is -1.90. The standard InChI is InChI=1S/C22H25FN2O6S/c1-14-3-8-19(9-15(14)2)32(29,30)25-12-18(26)10-20(25)22(28)31-13-21(27)24-11-16-4-6-17(23)7-5-16/h3-9,18,20,26H,10-13H2,1-2H3,(H,24,27). The van der Waals surface area contributed by atoms with E-state index in [0.29, 0.717) is 5.56 Å². The van der Waals surface area contributed by atoms with Gasteiger partial charge in [-0.1, -0.05) is 18.2 Å². The van der Waals surface area contributed by atoms with Crippen molar-refractivity contribution in [2.45, 2.75) is 43.9 Å². The number of esters is 1. The largest absolute Gasteiger partial charge is 0.454 e. The fourth-order valence-electron chi connectivity index (χ4n) is 3.36. The van der Waals surface area contributed by atoms with Gasteiger partial charge in [0.05, 0.1) is 11.0 Å². The second kappa shape index (κ2) is 9.76. The molecule has 1 aliphatic rings. The fourth-order valence-corrected chi connectivity index (χ4v) is 5.07. The topological polar surface area (TPSA) is 113 Å². The third-order valence-electron chi connectivity index (χ3n) is 5.34. The molecule has 1 heterocycles. The molecule has 2 aromatic carbocycles. The number of nitrogens with zero attached hydrogens (tertiary/aromatic N) is 1. The van der Waals surface area contributed by atoms with Crippen LogP contribution >= 0.6 is 0 Å². The summed E-state index contributed by atoms with van der Waals surface area (Å²) in [4.78, 5) is 24.6. The molecule has 10 heteroatoms. The van der Waals surface area contributed by atoms with Gasteiger partial charge in [-0.05, 0) is 54.8 Å². The Morgan fingerprint density at radius 2 is 1.84 bits per heavy atom. The minimum absolute atomic E-state index is 0.0181. The van der Waals surface area contributed by atoms with Gasteiger partial charge in [0.25, 0.3) is 5.91 Å². The molecule has 172 valence electrons. The first-order chi connectivity index (χ1) is 15.1. The number of sulfonamides is 1. The van der Waals surface area contributed by atoms with Crippen LogP contribution in [0.3, 0.4) is 0 Å². The molecular formula is C22H25FN2O6S. The van der Waals surface area contributed by atoms with Crippen molar-refractivity contribution in [1.29, 1.82) is 0 Å². The third kappa shape index (κ3) is 5.50. The van der Waals surface area contributed by atoms with Crippen LogP contribution in [0.2, 0.25) is 0 Å². The summed E-state index contributed by atoms with van der Waals surface area (Å²) >= 11 is 0. The molecule has 0 aromatic heterocycles. The lowest BCUT2D eigenvalue weighted by molar-refractivity contribution is -0.151.